The van der Waals surface area contributed by atoms with E-state index in [9.17, 15) is 16.8 Å². The van der Waals surface area contributed by atoms with Gasteiger partial charge in [0.15, 0.2) is 0 Å². The van der Waals surface area contributed by atoms with Crippen LogP contribution in [0.1, 0.15) is 6.42 Å². The molecule has 5 N–H and O–H groups in total. The molecule has 1 atom stereocenters. The number of aromatic nitrogens is 6. The molecule has 0 saturated carbocycles. The van der Waals surface area contributed by atoms with Gasteiger partial charge >= 0.3 is 0 Å². The number of pyridine rings is 1. The zero-order valence-electron chi connectivity index (χ0n) is 17.0. The lowest BCUT2D eigenvalue weighted by molar-refractivity contribution is 0.555. The molecule has 1 aliphatic heterocycles. The van der Waals surface area contributed by atoms with Gasteiger partial charge in [-0.3, -0.25) is 0 Å². The second-order valence-electron chi connectivity index (χ2n) is 7.49. The van der Waals surface area contributed by atoms with Crippen LogP contribution in [0.15, 0.2) is 52.6 Å². The standard InChI is InChI=1S/C18H19N9O4S2/c19-32(28,29)16-14(33(30,31)24-11-5-6-20-10-11)4-3-12(15(16)17-22-25-26-23-17)13-2-1-8-27-9-7-21-18(13)27/h1-4,7-9,11,20,24H,5-6,10H2,(H2,19,28,29)(H,22,23,25,26). The molecule has 0 amide bonds. The number of nitrogens with two attached hydrogens (primary N) is 1. The Bertz CT molecular complexity index is 1540. The summed E-state index contributed by atoms with van der Waals surface area (Å²) in [5, 5.41) is 22.3. The fourth-order valence-electron chi connectivity index (χ4n) is 3.97. The predicted octanol–water partition coefficient (Wildman–Crippen LogP) is -0.531. The Morgan fingerprint density at radius 3 is 2.67 bits per heavy atom. The lowest BCUT2D eigenvalue weighted by Gasteiger charge is -2.18. The fraction of sp³-hybridized carbons (Fsp3) is 0.222. The predicted molar refractivity (Wildman–Crippen MR) is 117 cm³/mol. The van der Waals surface area contributed by atoms with Gasteiger partial charge in [0.2, 0.25) is 25.9 Å². The van der Waals surface area contributed by atoms with Crippen LogP contribution in [-0.2, 0) is 20.0 Å². The maximum absolute atomic E-state index is 13.3. The second-order valence-corrected chi connectivity index (χ2v) is 10.7. The molecule has 5 rings (SSSR count). The van der Waals surface area contributed by atoms with Crippen molar-refractivity contribution >= 4 is 25.7 Å². The minimum Gasteiger partial charge on any atom is -0.315 e. The van der Waals surface area contributed by atoms with Crippen LogP contribution in [0.5, 0.6) is 0 Å². The number of tetrazole rings is 1. The number of fused-ring (bicyclic) bond motifs is 1. The number of H-pyrrole nitrogens is 1. The topological polar surface area (TPSA) is 190 Å². The molecule has 0 spiro atoms. The maximum atomic E-state index is 13.3. The van der Waals surface area contributed by atoms with Crippen molar-refractivity contribution in [2.24, 2.45) is 5.14 Å². The van der Waals surface area contributed by atoms with E-state index in [4.69, 9.17) is 5.14 Å². The van der Waals surface area contributed by atoms with E-state index >= 15 is 0 Å². The molecule has 172 valence electrons. The highest BCUT2D eigenvalue weighted by Gasteiger charge is 2.34. The number of hydrogen-bond donors (Lipinski definition) is 4. The molecular weight excluding hydrogens is 470 g/mol. The van der Waals surface area contributed by atoms with Gasteiger partial charge in [-0.15, -0.1) is 10.2 Å². The normalized spacial score (nSPS) is 17.1. The zero-order valence-corrected chi connectivity index (χ0v) is 18.6. The summed E-state index contributed by atoms with van der Waals surface area (Å²) in [6.45, 7) is 1.08. The minimum absolute atomic E-state index is 0.0882. The average molecular weight is 490 g/mol. The Kier molecular flexibility index (Phi) is 5.21. The Balaban J connectivity index is 1.82. The number of aromatic amines is 1. The SMILES string of the molecule is NS(=O)(=O)c1c(S(=O)(=O)NC2CCNC2)ccc(-c2cccn3ccnc23)c1-c1nn[nH]n1. The van der Waals surface area contributed by atoms with Gasteiger partial charge in [0.05, 0.1) is 5.56 Å². The first-order valence-corrected chi connectivity index (χ1v) is 12.9. The summed E-state index contributed by atoms with van der Waals surface area (Å²) in [4.78, 5) is 3.22. The third-order valence-electron chi connectivity index (χ3n) is 5.36. The molecule has 4 heterocycles. The Morgan fingerprint density at radius 2 is 1.97 bits per heavy atom. The number of sulfonamides is 2. The van der Waals surface area contributed by atoms with Crippen molar-refractivity contribution in [3.05, 3.63) is 42.9 Å². The molecule has 15 heteroatoms. The second kappa shape index (κ2) is 7.96. The smallest absolute Gasteiger partial charge is 0.242 e. The molecule has 0 bridgehead atoms. The minimum atomic E-state index is -4.56. The summed E-state index contributed by atoms with van der Waals surface area (Å²) in [5.74, 6) is -0.123. The third-order valence-corrected chi connectivity index (χ3v) is 8.04. The molecule has 1 unspecified atom stereocenters. The number of benzene rings is 1. The van der Waals surface area contributed by atoms with Gasteiger partial charge in [0, 0.05) is 36.7 Å². The number of primary sulfonamides is 1. The van der Waals surface area contributed by atoms with Gasteiger partial charge in [-0.2, -0.15) is 5.21 Å². The molecule has 3 aromatic heterocycles. The van der Waals surface area contributed by atoms with E-state index in [1.54, 1.807) is 35.1 Å². The first-order valence-electron chi connectivity index (χ1n) is 9.84. The maximum Gasteiger partial charge on any atom is 0.242 e. The molecule has 33 heavy (non-hydrogen) atoms. The lowest BCUT2D eigenvalue weighted by atomic mass is 10.00. The molecule has 1 aliphatic rings. The summed E-state index contributed by atoms with van der Waals surface area (Å²) in [7, 11) is -8.82. The van der Waals surface area contributed by atoms with Crippen LogP contribution >= 0.6 is 0 Å². The number of nitrogens with zero attached hydrogens (tertiary/aromatic N) is 5. The summed E-state index contributed by atoms with van der Waals surface area (Å²) in [6, 6.07) is 5.81. The van der Waals surface area contributed by atoms with Gasteiger partial charge in [-0.05, 0) is 41.9 Å². The number of rotatable bonds is 6. The number of nitrogens with one attached hydrogen (secondary N) is 3. The van der Waals surface area contributed by atoms with E-state index in [0.29, 0.717) is 36.3 Å². The Morgan fingerprint density at radius 1 is 1.12 bits per heavy atom. The number of hydrogen-bond acceptors (Lipinski definition) is 9. The van der Waals surface area contributed by atoms with E-state index in [1.165, 1.54) is 12.1 Å². The van der Waals surface area contributed by atoms with Crippen LogP contribution < -0.4 is 15.2 Å². The van der Waals surface area contributed by atoms with Crippen molar-refractivity contribution in [2.75, 3.05) is 13.1 Å². The molecular formula is C18H19N9O4S2. The van der Waals surface area contributed by atoms with Crippen LogP contribution in [-0.4, -0.2) is 66.0 Å². The van der Waals surface area contributed by atoms with Gasteiger partial charge in [-0.25, -0.2) is 31.7 Å². The summed E-state index contributed by atoms with van der Waals surface area (Å²) < 4.78 is 56.4. The van der Waals surface area contributed by atoms with Crippen LogP contribution in [0.3, 0.4) is 0 Å². The van der Waals surface area contributed by atoms with Crippen molar-refractivity contribution in [3.8, 4) is 22.5 Å². The lowest BCUT2D eigenvalue weighted by Crippen LogP contribution is -2.37. The first kappa shape index (κ1) is 21.6. The summed E-state index contributed by atoms with van der Waals surface area (Å²) >= 11 is 0. The molecule has 1 saturated heterocycles. The van der Waals surface area contributed by atoms with E-state index < -0.39 is 29.8 Å². The van der Waals surface area contributed by atoms with E-state index in [1.807, 2.05) is 0 Å². The van der Waals surface area contributed by atoms with Crippen LogP contribution in [0.4, 0.5) is 0 Å². The Hall–Kier alpha value is -3.24. The highest BCUT2D eigenvalue weighted by molar-refractivity contribution is 7.92. The van der Waals surface area contributed by atoms with Crippen LogP contribution in [0.2, 0.25) is 0 Å². The van der Waals surface area contributed by atoms with Crippen molar-refractivity contribution in [3.63, 3.8) is 0 Å². The van der Waals surface area contributed by atoms with Crippen molar-refractivity contribution < 1.29 is 16.8 Å². The monoisotopic (exact) mass is 489 g/mol. The summed E-state index contributed by atoms with van der Waals surface area (Å²) in [6.07, 6.45) is 5.66. The number of imidazole rings is 1. The molecule has 1 aromatic carbocycles. The average Bonchev–Trinajstić information content (AvgIpc) is 3.53. The largest absolute Gasteiger partial charge is 0.315 e. The Labute approximate surface area is 188 Å². The van der Waals surface area contributed by atoms with E-state index in [0.717, 1.165) is 0 Å². The quantitative estimate of drug-likeness (QED) is 0.276. The highest BCUT2D eigenvalue weighted by atomic mass is 32.2. The fourth-order valence-corrected chi connectivity index (χ4v) is 6.84. The van der Waals surface area contributed by atoms with Gasteiger partial charge in [0.1, 0.15) is 15.4 Å². The summed E-state index contributed by atoms with van der Waals surface area (Å²) in [5.41, 5.74) is 1.30. The molecule has 4 aromatic rings. The molecule has 1 fully saturated rings. The molecule has 0 aliphatic carbocycles. The van der Waals surface area contributed by atoms with Crippen molar-refractivity contribution in [2.45, 2.75) is 22.3 Å². The van der Waals surface area contributed by atoms with Crippen molar-refractivity contribution in [1.29, 1.82) is 0 Å². The third kappa shape index (κ3) is 3.89. The van der Waals surface area contributed by atoms with Crippen molar-refractivity contribution in [1.82, 2.24) is 40.0 Å². The van der Waals surface area contributed by atoms with Gasteiger partial charge in [-0.1, -0.05) is 6.07 Å². The van der Waals surface area contributed by atoms with E-state index in [-0.39, 0.29) is 17.4 Å². The van der Waals surface area contributed by atoms with Crippen LogP contribution in [0, 0.1) is 0 Å². The highest BCUT2D eigenvalue weighted by Crippen LogP contribution is 2.39. The van der Waals surface area contributed by atoms with Crippen LogP contribution in [0.25, 0.3) is 28.2 Å². The van der Waals surface area contributed by atoms with E-state index in [2.05, 4.69) is 35.6 Å². The molecule has 13 nitrogen and oxygen atoms in total. The van der Waals surface area contributed by atoms with Gasteiger partial charge < -0.3 is 9.72 Å². The van der Waals surface area contributed by atoms with Gasteiger partial charge in [0.25, 0.3) is 0 Å². The molecule has 0 radical (unpaired) electrons. The first-order chi connectivity index (χ1) is 15.8. The zero-order chi connectivity index (χ0) is 23.2.